The van der Waals surface area contributed by atoms with Gasteiger partial charge in [-0.2, -0.15) is 0 Å². The first-order valence-corrected chi connectivity index (χ1v) is 6.32. The van der Waals surface area contributed by atoms with E-state index in [2.05, 4.69) is 0 Å². The maximum Gasteiger partial charge on any atom is 0.162 e. The van der Waals surface area contributed by atoms with Crippen LogP contribution in [0.1, 0.15) is 32.1 Å². The van der Waals surface area contributed by atoms with Crippen LogP contribution < -0.4 is 15.2 Å². The number of rotatable bonds is 4. The number of benzene rings is 1. The number of para-hydroxylation sites is 2. The molecule has 0 bridgehead atoms. The lowest BCUT2D eigenvalue weighted by molar-refractivity contribution is 0.0361. The molecule has 17 heavy (non-hydrogen) atoms. The van der Waals surface area contributed by atoms with Crippen LogP contribution in [0.2, 0.25) is 0 Å². The quantitative estimate of drug-likeness (QED) is 0.872. The zero-order chi connectivity index (χ0) is 12.1. The minimum Gasteiger partial charge on any atom is -0.493 e. The Morgan fingerprint density at radius 3 is 2.35 bits per heavy atom. The van der Waals surface area contributed by atoms with Crippen molar-refractivity contribution in [3.63, 3.8) is 0 Å². The largest absolute Gasteiger partial charge is 0.493 e. The van der Waals surface area contributed by atoms with Crippen LogP contribution in [0.4, 0.5) is 0 Å². The van der Waals surface area contributed by atoms with E-state index in [1.165, 1.54) is 19.3 Å². The zero-order valence-electron chi connectivity index (χ0n) is 10.4. The summed E-state index contributed by atoms with van der Waals surface area (Å²) in [5, 5.41) is 0. The number of nitrogens with two attached hydrogens (primary N) is 1. The predicted octanol–water partition coefficient (Wildman–Crippen LogP) is 2.74. The summed E-state index contributed by atoms with van der Waals surface area (Å²) in [7, 11) is 1.66. The van der Waals surface area contributed by atoms with E-state index in [1.54, 1.807) is 7.11 Å². The molecule has 2 rings (SSSR count). The van der Waals surface area contributed by atoms with Gasteiger partial charge in [-0.05, 0) is 37.8 Å². The Morgan fingerprint density at radius 1 is 1.12 bits per heavy atom. The molecule has 1 aromatic rings. The topological polar surface area (TPSA) is 44.5 Å². The fraction of sp³-hybridized carbons (Fsp3) is 0.571. The summed E-state index contributed by atoms with van der Waals surface area (Å²) in [5.74, 6) is 1.59. The Balaban J connectivity index is 2.17. The van der Waals surface area contributed by atoms with Crippen LogP contribution in [0.15, 0.2) is 24.3 Å². The van der Waals surface area contributed by atoms with Crippen molar-refractivity contribution in [2.45, 2.75) is 37.7 Å². The average molecular weight is 235 g/mol. The molecule has 0 spiro atoms. The smallest absolute Gasteiger partial charge is 0.162 e. The summed E-state index contributed by atoms with van der Waals surface area (Å²) in [6, 6.07) is 7.78. The number of hydrogen-bond donors (Lipinski definition) is 1. The second-order valence-electron chi connectivity index (χ2n) is 4.70. The molecule has 0 radical (unpaired) electrons. The molecule has 0 saturated heterocycles. The summed E-state index contributed by atoms with van der Waals surface area (Å²) in [5.41, 5.74) is 5.72. The lowest BCUT2D eigenvalue weighted by Gasteiger charge is -2.37. The Hall–Kier alpha value is -1.22. The normalized spacial score (nSPS) is 18.7. The monoisotopic (exact) mass is 235 g/mol. The van der Waals surface area contributed by atoms with Crippen molar-refractivity contribution in [2.75, 3.05) is 13.7 Å². The SMILES string of the molecule is COc1ccccc1OC1(CN)CCCCC1. The number of ether oxygens (including phenoxy) is 2. The van der Waals surface area contributed by atoms with Crippen molar-refractivity contribution in [2.24, 2.45) is 5.73 Å². The lowest BCUT2D eigenvalue weighted by atomic mass is 9.84. The minimum absolute atomic E-state index is 0.188. The van der Waals surface area contributed by atoms with E-state index in [4.69, 9.17) is 15.2 Å². The molecule has 94 valence electrons. The van der Waals surface area contributed by atoms with Crippen molar-refractivity contribution in [1.29, 1.82) is 0 Å². The highest BCUT2D eigenvalue weighted by molar-refractivity contribution is 5.39. The van der Waals surface area contributed by atoms with Gasteiger partial charge >= 0.3 is 0 Å². The molecule has 0 atom stereocenters. The Morgan fingerprint density at radius 2 is 1.76 bits per heavy atom. The second-order valence-corrected chi connectivity index (χ2v) is 4.70. The van der Waals surface area contributed by atoms with Gasteiger partial charge in [-0.15, -0.1) is 0 Å². The molecule has 1 aliphatic carbocycles. The van der Waals surface area contributed by atoms with Gasteiger partial charge < -0.3 is 15.2 Å². The zero-order valence-corrected chi connectivity index (χ0v) is 10.4. The van der Waals surface area contributed by atoms with Gasteiger partial charge in [0.05, 0.1) is 7.11 Å². The maximum atomic E-state index is 6.16. The standard InChI is InChI=1S/C14H21NO2/c1-16-12-7-3-4-8-13(12)17-14(11-15)9-5-2-6-10-14/h3-4,7-8H,2,5-6,9-11,15H2,1H3. The van der Waals surface area contributed by atoms with Crippen molar-refractivity contribution >= 4 is 0 Å². The Labute approximate surface area is 103 Å². The summed E-state index contributed by atoms with van der Waals surface area (Å²) in [6.45, 7) is 0.574. The average Bonchev–Trinajstić information content (AvgIpc) is 2.40. The first-order valence-electron chi connectivity index (χ1n) is 6.32. The van der Waals surface area contributed by atoms with E-state index in [9.17, 15) is 0 Å². The molecule has 1 saturated carbocycles. The second kappa shape index (κ2) is 5.41. The molecule has 3 heteroatoms. The van der Waals surface area contributed by atoms with E-state index >= 15 is 0 Å². The van der Waals surface area contributed by atoms with Gasteiger partial charge in [0.1, 0.15) is 5.60 Å². The van der Waals surface area contributed by atoms with Crippen molar-refractivity contribution in [1.82, 2.24) is 0 Å². The predicted molar refractivity (Wildman–Crippen MR) is 68.5 cm³/mol. The van der Waals surface area contributed by atoms with Crippen LogP contribution in [0.5, 0.6) is 11.5 Å². The van der Waals surface area contributed by atoms with Crippen molar-refractivity contribution < 1.29 is 9.47 Å². The van der Waals surface area contributed by atoms with E-state index in [1.807, 2.05) is 24.3 Å². The number of methoxy groups -OCH3 is 1. The van der Waals surface area contributed by atoms with Gasteiger partial charge in [-0.3, -0.25) is 0 Å². The third-order valence-corrected chi connectivity index (χ3v) is 3.53. The summed E-state index contributed by atoms with van der Waals surface area (Å²) < 4.78 is 11.5. The molecule has 0 unspecified atom stereocenters. The van der Waals surface area contributed by atoms with Crippen molar-refractivity contribution in [3.05, 3.63) is 24.3 Å². The molecule has 1 fully saturated rings. The lowest BCUT2D eigenvalue weighted by Crippen LogP contribution is -2.45. The van der Waals surface area contributed by atoms with Crippen molar-refractivity contribution in [3.8, 4) is 11.5 Å². The Bertz CT molecular complexity index is 359. The molecule has 3 nitrogen and oxygen atoms in total. The molecule has 0 heterocycles. The van der Waals surface area contributed by atoms with Gasteiger partial charge in [0, 0.05) is 6.54 Å². The molecule has 1 aliphatic rings. The first kappa shape index (κ1) is 12.2. The van der Waals surface area contributed by atoms with E-state index < -0.39 is 0 Å². The fourth-order valence-corrected chi connectivity index (χ4v) is 2.48. The van der Waals surface area contributed by atoms with Crippen LogP contribution in [0.3, 0.4) is 0 Å². The highest BCUT2D eigenvalue weighted by atomic mass is 16.5. The summed E-state index contributed by atoms with van der Waals surface area (Å²) >= 11 is 0. The third kappa shape index (κ3) is 2.72. The van der Waals surface area contributed by atoms with Gasteiger partial charge in [0.2, 0.25) is 0 Å². The van der Waals surface area contributed by atoms with E-state index in [0.29, 0.717) is 6.54 Å². The molecule has 1 aromatic carbocycles. The van der Waals surface area contributed by atoms with Gasteiger partial charge in [-0.25, -0.2) is 0 Å². The summed E-state index contributed by atoms with van der Waals surface area (Å²) in [6.07, 6.45) is 5.78. The van der Waals surface area contributed by atoms with Gasteiger partial charge in [-0.1, -0.05) is 18.6 Å². The molecular weight excluding hydrogens is 214 g/mol. The molecule has 2 N–H and O–H groups in total. The van der Waals surface area contributed by atoms with Gasteiger partial charge in [0.15, 0.2) is 11.5 Å². The minimum atomic E-state index is -0.188. The molecule has 0 amide bonds. The summed E-state index contributed by atoms with van der Waals surface area (Å²) in [4.78, 5) is 0. The highest BCUT2D eigenvalue weighted by Crippen LogP contribution is 2.36. The fourth-order valence-electron chi connectivity index (χ4n) is 2.48. The van der Waals surface area contributed by atoms with Gasteiger partial charge in [0.25, 0.3) is 0 Å². The molecule has 0 aliphatic heterocycles. The number of hydrogen-bond acceptors (Lipinski definition) is 3. The molecule has 0 aromatic heterocycles. The molecular formula is C14H21NO2. The van der Waals surface area contributed by atoms with Crippen LogP contribution >= 0.6 is 0 Å². The maximum absolute atomic E-state index is 6.16. The Kier molecular flexibility index (Phi) is 3.89. The van der Waals surface area contributed by atoms with Crippen LogP contribution in [-0.2, 0) is 0 Å². The van der Waals surface area contributed by atoms with Crippen LogP contribution in [-0.4, -0.2) is 19.3 Å². The van der Waals surface area contributed by atoms with Crippen LogP contribution in [0.25, 0.3) is 0 Å². The third-order valence-electron chi connectivity index (χ3n) is 3.53. The van der Waals surface area contributed by atoms with Crippen LogP contribution in [0, 0.1) is 0 Å². The van der Waals surface area contributed by atoms with E-state index in [0.717, 1.165) is 24.3 Å². The van der Waals surface area contributed by atoms with E-state index in [-0.39, 0.29) is 5.60 Å². The highest BCUT2D eigenvalue weighted by Gasteiger charge is 2.33. The first-order chi connectivity index (χ1) is 8.29.